The predicted octanol–water partition coefficient (Wildman–Crippen LogP) is 2.15. The lowest BCUT2D eigenvalue weighted by molar-refractivity contribution is -0.137. The fourth-order valence-corrected chi connectivity index (χ4v) is 2.09. The number of halogens is 3. The van der Waals surface area contributed by atoms with Crippen LogP contribution >= 0.6 is 0 Å². The minimum Gasteiger partial charge on any atom is -0.491 e. The Labute approximate surface area is 128 Å². The summed E-state index contributed by atoms with van der Waals surface area (Å²) in [7, 11) is 1.73. The minimum absolute atomic E-state index is 0.0546. The van der Waals surface area contributed by atoms with Crippen LogP contribution in [0.4, 0.5) is 13.2 Å². The molecule has 7 heteroatoms. The van der Waals surface area contributed by atoms with E-state index >= 15 is 0 Å². The molecular formula is C15H22F3NO3. The van der Waals surface area contributed by atoms with Crippen molar-refractivity contribution in [3.8, 4) is 5.75 Å². The second kappa shape index (κ2) is 7.30. The number of ether oxygens (including phenoxy) is 1. The number of aliphatic hydroxyl groups is 2. The van der Waals surface area contributed by atoms with Crippen molar-refractivity contribution in [3.63, 3.8) is 0 Å². The standard InChI is InChI=1S/C15H22F3NO3/c1-14(2,21)10-19(3)8-12(20)9-22-13-6-4-5-11(7-13)15(16,17)18/h4-7,12,20-21H,8-10H2,1-3H3. The van der Waals surface area contributed by atoms with Gasteiger partial charge in [0, 0.05) is 13.1 Å². The van der Waals surface area contributed by atoms with Crippen molar-refractivity contribution in [2.24, 2.45) is 0 Å². The van der Waals surface area contributed by atoms with Crippen molar-refractivity contribution < 1.29 is 28.1 Å². The zero-order valence-electron chi connectivity index (χ0n) is 12.9. The van der Waals surface area contributed by atoms with Crippen LogP contribution in [0, 0.1) is 0 Å². The minimum atomic E-state index is -4.43. The van der Waals surface area contributed by atoms with Crippen LogP contribution in [0.25, 0.3) is 0 Å². The first-order chi connectivity index (χ1) is 9.97. The van der Waals surface area contributed by atoms with Crippen LogP contribution < -0.4 is 4.74 Å². The molecule has 0 heterocycles. The molecule has 0 fully saturated rings. The Kier molecular flexibility index (Phi) is 6.22. The van der Waals surface area contributed by atoms with Gasteiger partial charge in [-0.25, -0.2) is 0 Å². The highest BCUT2D eigenvalue weighted by Crippen LogP contribution is 2.31. The first-order valence-electron chi connectivity index (χ1n) is 6.86. The smallest absolute Gasteiger partial charge is 0.416 e. The van der Waals surface area contributed by atoms with Gasteiger partial charge in [0.2, 0.25) is 0 Å². The van der Waals surface area contributed by atoms with E-state index in [0.29, 0.717) is 6.54 Å². The van der Waals surface area contributed by atoms with Gasteiger partial charge < -0.3 is 19.8 Å². The monoisotopic (exact) mass is 321 g/mol. The second-order valence-electron chi connectivity index (χ2n) is 6.00. The van der Waals surface area contributed by atoms with Crippen LogP contribution in [0.1, 0.15) is 19.4 Å². The highest BCUT2D eigenvalue weighted by molar-refractivity contribution is 5.30. The van der Waals surface area contributed by atoms with Gasteiger partial charge in [-0.3, -0.25) is 0 Å². The molecule has 0 aromatic heterocycles. The molecule has 2 N–H and O–H groups in total. The van der Waals surface area contributed by atoms with Crippen LogP contribution in [0.5, 0.6) is 5.75 Å². The highest BCUT2D eigenvalue weighted by atomic mass is 19.4. The van der Waals surface area contributed by atoms with Crippen LogP contribution in [-0.2, 0) is 6.18 Å². The van der Waals surface area contributed by atoms with E-state index in [1.165, 1.54) is 12.1 Å². The summed E-state index contributed by atoms with van der Waals surface area (Å²) in [6.45, 7) is 3.76. The zero-order valence-corrected chi connectivity index (χ0v) is 12.9. The number of rotatable bonds is 7. The van der Waals surface area contributed by atoms with Gasteiger partial charge in [0.15, 0.2) is 0 Å². The number of aliphatic hydroxyl groups excluding tert-OH is 1. The van der Waals surface area contributed by atoms with E-state index < -0.39 is 23.4 Å². The van der Waals surface area contributed by atoms with E-state index in [1.807, 2.05) is 0 Å². The molecule has 22 heavy (non-hydrogen) atoms. The number of likely N-dealkylation sites (N-methyl/N-ethyl adjacent to an activating group) is 1. The average molecular weight is 321 g/mol. The number of benzene rings is 1. The molecule has 1 atom stereocenters. The summed E-state index contributed by atoms with van der Waals surface area (Å²) in [4.78, 5) is 1.72. The first-order valence-corrected chi connectivity index (χ1v) is 6.86. The summed E-state index contributed by atoms with van der Waals surface area (Å²) in [5.74, 6) is 0.0546. The topological polar surface area (TPSA) is 52.9 Å². The molecule has 0 bridgehead atoms. The summed E-state index contributed by atoms with van der Waals surface area (Å²) in [5.41, 5.74) is -1.69. The van der Waals surface area contributed by atoms with Crippen LogP contribution in [-0.4, -0.2) is 53.6 Å². The van der Waals surface area contributed by atoms with Crippen molar-refractivity contribution in [1.82, 2.24) is 4.90 Å². The molecule has 1 aromatic carbocycles. The Morgan fingerprint density at radius 1 is 1.27 bits per heavy atom. The van der Waals surface area contributed by atoms with E-state index in [9.17, 15) is 23.4 Å². The zero-order chi connectivity index (χ0) is 17.0. The van der Waals surface area contributed by atoms with Crippen molar-refractivity contribution in [2.45, 2.75) is 31.7 Å². The number of hydrogen-bond donors (Lipinski definition) is 2. The summed E-state index contributed by atoms with van der Waals surface area (Å²) in [5, 5.41) is 19.5. The quantitative estimate of drug-likeness (QED) is 0.808. The number of alkyl halides is 3. The lowest BCUT2D eigenvalue weighted by Gasteiger charge is -2.27. The second-order valence-corrected chi connectivity index (χ2v) is 6.00. The fourth-order valence-electron chi connectivity index (χ4n) is 2.09. The normalized spacial score (nSPS) is 14.2. The SMILES string of the molecule is CN(CC(O)COc1cccc(C(F)(F)F)c1)CC(C)(C)O. The molecule has 4 nitrogen and oxygen atoms in total. The Bertz CT molecular complexity index is 472. The van der Waals surface area contributed by atoms with Crippen LogP contribution in [0.15, 0.2) is 24.3 Å². The predicted molar refractivity (Wildman–Crippen MR) is 76.7 cm³/mol. The maximum absolute atomic E-state index is 12.6. The van der Waals surface area contributed by atoms with Gasteiger partial charge in [-0.1, -0.05) is 6.07 Å². The summed E-state index contributed by atoms with van der Waals surface area (Å²) < 4.78 is 42.9. The van der Waals surface area contributed by atoms with Gasteiger partial charge in [0.05, 0.1) is 11.2 Å². The average Bonchev–Trinajstić information content (AvgIpc) is 2.33. The third-order valence-corrected chi connectivity index (χ3v) is 2.78. The maximum atomic E-state index is 12.6. The Balaban J connectivity index is 2.49. The Hall–Kier alpha value is -1.31. The summed E-state index contributed by atoms with van der Waals surface area (Å²) in [6, 6.07) is 4.51. The molecule has 0 radical (unpaired) electrons. The molecule has 0 spiro atoms. The van der Waals surface area contributed by atoms with E-state index in [-0.39, 0.29) is 18.9 Å². The van der Waals surface area contributed by atoms with E-state index in [1.54, 1.807) is 25.8 Å². The van der Waals surface area contributed by atoms with E-state index in [0.717, 1.165) is 12.1 Å². The van der Waals surface area contributed by atoms with Gasteiger partial charge in [-0.15, -0.1) is 0 Å². The molecule has 0 aliphatic heterocycles. The fraction of sp³-hybridized carbons (Fsp3) is 0.600. The van der Waals surface area contributed by atoms with Gasteiger partial charge >= 0.3 is 6.18 Å². The molecule has 0 saturated heterocycles. The van der Waals surface area contributed by atoms with Crippen molar-refractivity contribution in [1.29, 1.82) is 0 Å². The lowest BCUT2D eigenvalue weighted by atomic mass is 10.1. The molecule has 0 saturated carbocycles. The largest absolute Gasteiger partial charge is 0.491 e. The molecular weight excluding hydrogens is 299 g/mol. The summed E-state index contributed by atoms with van der Waals surface area (Å²) >= 11 is 0. The first kappa shape index (κ1) is 18.7. The maximum Gasteiger partial charge on any atom is 0.416 e. The third-order valence-electron chi connectivity index (χ3n) is 2.78. The molecule has 1 unspecified atom stereocenters. The van der Waals surface area contributed by atoms with Crippen LogP contribution in [0.2, 0.25) is 0 Å². The van der Waals surface area contributed by atoms with Gasteiger partial charge in [0.1, 0.15) is 18.5 Å². The highest BCUT2D eigenvalue weighted by Gasteiger charge is 2.30. The van der Waals surface area contributed by atoms with Gasteiger partial charge in [0.25, 0.3) is 0 Å². The molecule has 0 aliphatic rings. The molecule has 1 rings (SSSR count). The number of hydrogen-bond acceptors (Lipinski definition) is 4. The van der Waals surface area contributed by atoms with Crippen molar-refractivity contribution >= 4 is 0 Å². The Morgan fingerprint density at radius 2 is 1.91 bits per heavy atom. The molecule has 0 amide bonds. The van der Waals surface area contributed by atoms with Gasteiger partial charge in [-0.2, -0.15) is 13.2 Å². The third kappa shape index (κ3) is 7.11. The van der Waals surface area contributed by atoms with Crippen molar-refractivity contribution in [2.75, 3.05) is 26.7 Å². The number of nitrogens with zero attached hydrogens (tertiary/aromatic N) is 1. The van der Waals surface area contributed by atoms with E-state index in [2.05, 4.69) is 0 Å². The molecule has 1 aromatic rings. The van der Waals surface area contributed by atoms with Gasteiger partial charge in [-0.05, 0) is 39.1 Å². The summed E-state index contributed by atoms with van der Waals surface area (Å²) in [6.07, 6.45) is -5.30. The van der Waals surface area contributed by atoms with E-state index in [4.69, 9.17) is 4.74 Å². The molecule has 0 aliphatic carbocycles. The van der Waals surface area contributed by atoms with Crippen LogP contribution in [0.3, 0.4) is 0 Å². The molecule has 126 valence electrons. The Morgan fingerprint density at radius 3 is 2.45 bits per heavy atom. The van der Waals surface area contributed by atoms with Crippen molar-refractivity contribution in [3.05, 3.63) is 29.8 Å². The lowest BCUT2D eigenvalue weighted by Crippen LogP contribution is -2.41.